The number of amides is 1. The van der Waals surface area contributed by atoms with E-state index in [9.17, 15) is 4.79 Å². The molecule has 2 aliphatic heterocycles. The van der Waals surface area contributed by atoms with Crippen LogP contribution in [0.25, 0.3) is 0 Å². The van der Waals surface area contributed by atoms with Crippen molar-refractivity contribution in [1.82, 2.24) is 10.2 Å². The third kappa shape index (κ3) is 3.45. The zero-order chi connectivity index (χ0) is 13.0. The highest BCUT2D eigenvalue weighted by molar-refractivity contribution is 5.82. The van der Waals surface area contributed by atoms with Crippen LogP contribution in [-0.4, -0.2) is 50.2 Å². The third-order valence-corrected chi connectivity index (χ3v) is 4.28. The first kappa shape index (κ1) is 13.8. The van der Waals surface area contributed by atoms with Crippen LogP contribution in [0.5, 0.6) is 0 Å². The SMILES string of the molecule is CC1CCCNC1C(=O)N(C)CC1CCOCC1. The Kier molecular flexibility index (Phi) is 5.01. The molecule has 0 radical (unpaired) electrons. The minimum absolute atomic E-state index is 0.0311. The van der Waals surface area contributed by atoms with Gasteiger partial charge in [-0.15, -0.1) is 0 Å². The molecule has 1 amide bonds. The summed E-state index contributed by atoms with van der Waals surface area (Å²) in [6.45, 7) is 5.74. The molecule has 4 nitrogen and oxygen atoms in total. The highest BCUT2D eigenvalue weighted by Crippen LogP contribution is 2.19. The number of hydrogen-bond donors (Lipinski definition) is 1. The van der Waals surface area contributed by atoms with Gasteiger partial charge >= 0.3 is 0 Å². The molecule has 0 aliphatic carbocycles. The van der Waals surface area contributed by atoms with Crippen LogP contribution in [0.1, 0.15) is 32.6 Å². The summed E-state index contributed by atoms with van der Waals surface area (Å²) < 4.78 is 5.36. The van der Waals surface area contributed by atoms with E-state index in [1.165, 1.54) is 6.42 Å². The van der Waals surface area contributed by atoms with Gasteiger partial charge in [0.2, 0.25) is 5.91 Å². The van der Waals surface area contributed by atoms with E-state index in [1.54, 1.807) is 0 Å². The summed E-state index contributed by atoms with van der Waals surface area (Å²) >= 11 is 0. The second-order valence-corrected chi connectivity index (χ2v) is 5.83. The van der Waals surface area contributed by atoms with Crippen molar-refractivity contribution in [3.63, 3.8) is 0 Å². The Bertz CT molecular complexity index is 277. The third-order valence-electron chi connectivity index (χ3n) is 4.28. The van der Waals surface area contributed by atoms with Crippen LogP contribution in [0, 0.1) is 11.8 Å². The molecular formula is C14H26N2O2. The topological polar surface area (TPSA) is 41.6 Å². The number of nitrogens with zero attached hydrogens (tertiary/aromatic N) is 1. The van der Waals surface area contributed by atoms with Gasteiger partial charge in [0, 0.05) is 26.8 Å². The second-order valence-electron chi connectivity index (χ2n) is 5.83. The zero-order valence-corrected chi connectivity index (χ0v) is 11.7. The van der Waals surface area contributed by atoms with E-state index in [2.05, 4.69) is 12.2 Å². The molecule has 2 rings (SSSR count). The van der Waals surface area contributed by atoms with Gasteiger partial charge in [-0.3, -0.25) is 4.79 Å². The highest BCUT2D eigenvalue weighted by atomic mass is 16.5. The van der Waals surface area contributed by atoms with E-state index < -0.39 is 0 Å². The molecule has 2 saturated heterocycles. The first-order chi connectivity index (χ1) is 8.68. The summed E-state index contributed by atoms with van der Waals surface area (Å²) in [7, 11) is 1.95. The van der Waals surface area contributed by atoms with Crippen molar-refractivity contribution in [1.29, 1.82) is 0 Å². The number of ether oxygens (including phenoxy) is 1. The molecule has 0 saturated carbocycles. The van der Waals surface area contributed by atoms with Gasteiger partial charge in [-0.05, 0) is 44.1 Å². The normalized spacial score (nSPS) is 30.1. The Labute approximate surface area is 110 Å². The summed E-state index contributed by atoms with van der Waals surface area (Å²) in [4.78, 5) is 14.3. The van der Waals surface area contributed by atoms with Crippen molar-refractivity contribution >= 4 is 5.91 Å². The van der Waals surface area contributed by atoms with Crippen molar-refractivity contribution in [3.8, 4) is 0 Å². The first-order valence-electron chi connectivity index (χ1n) is 7.24. The lowest BCUT2D eigenvalue weighted by Crippen LogP contribution is -2.52. The van der Waals surface area contributed by atoms with E-state index in [0.29, 0.717) is 11.8 Å². The zero-order valence-electron chi connectivity index (χ0n) is 11.7. The molecule has 2 aliphatic rings. The van der Waals surface area contributed by atoms with Crippen LogP contribution in [0.3, 0.4) is 0 Å². The minimum atomic E-state index is 0.0311. The number of piperidine rings is 1. The van der Waals surface area contributed by atoms with Crippen molar-refractivity contribution < 1.29 is 9.53 Å². The Balaban J connectivity index is 1.83. The van der Waals surface area contributed by atoms with Gasteiger partial charge in [-0.1, -0.05) is 6.92 Å². The van der Waals surface area contributed by atoms with E-state index in [4.69, 9.17) is 4.74 Å². The van der Waals surface area contributed by atoms with Crippen LogP contribution in [0.4, 0.5) is 0 Å². The highest BCUT2D eigenvalue weighted by Gasteiger charge is 2.30. The van der Waals surface area contributed by atoms with E-state index in [-0.39, 0.29) is 11.9 Å². The maximum Gasteiger partial charge on any atom is 0.239 e. The summed E-state index contributed by atoms with van der Waals surface area (Å²) in [5.41, 5.74) is 0. The minimum Gasteiger partial charge on any atom is -0.381 e. The average molecular weight is 254 g/mol. The molecule has 2 atom stereocenters. The van der Waals surface area contributed by atoms with E-state index in [0.717, 1.165) is 45.6 Å². The molecular weight excluding hydrogens is 228 g/mol. The standard InChI is InChI=1S/C14H26N2O2/c1-11-4-3-7-15-13(11)14(17)16(2)10-12-5-8-18-9-6-12/h11-13,15H,3-10H2,1-2H3. The summed E-state index contributed by atoms with van der Waals surface area (Å²) in [5, 5.41) is 3.37. The van der Waals surface area contributed by atoms with Crippen LogP contribution < -0.4 is 5.32 Å². The molecule has 104 valence electrons. The van der Waals surface area contributed by atoms with Gasteiger partial charge in [0.25, 0.3) is 0 Å². The fraction of sp³-hybridized carbons (Fsp3) is 0.929. The molecule has 2 unspecified atom stereocenters. The predicted molar refractivity (Wildman–Crippen MR) is 71.4 cm³/mol. The van der Waals surface area contributed by atoms with E-state index in [1.807, 2.05) is 11.9 Å². The van der Waals surface area contributed by atoms with Crippen molar-refractivity contribution in [2.75, 3.05) is 33.4 Å². The van der Waals surface area contributed by atoms with Gasteiger partial charge in [-0.25, -0.2) is 0 Å². The Morgan fingerprint density at radius 2 is 2.06 bits per heavy atom. The first-order valence-corrected chi connectivity index (χ1v) is 7.24. The summed E-state index contributed by atoms with van der Waals surface area (Å²) in [5.74, 6) is 1.35. The van der Waals surface area contributed by atoms with Gasteiger partial charge in [0.05, 0.1) is 6.04 Å². The van der Waals surface area contributed by atoms with Crippen molar-refractivity contribution in [3.05, 3.63) is 0 Å². The largest absolute Gasteiger partial charge is 0.381 e. The molecule has 0 aromatic heterocycles. The number of carbonyl (C=O) groups excluding carboxylic acids is 1. The van der Waals surface area contributed by atoms with Gasteiger partial charge in [0.1, 0.15) is 0 Å². The summed E-state index contributed by atoms with van der Waals surface area (Å²) in [6, 6.07) is 0.0311. The van der Waals surface area contributed by atoms with Crippen LogP contribution >= 0.6 is 0 Å². The second kappa shape index (κ2) is 6.53. The lowest BCUT2D eigenvalue weighted by molar-refractivity contribution is -0.135. The molecule has 2 fully saturated rings. The molecule has 0 aromatic rings. The van der Waals surface area contributed by atoms with Gasteiger partial charge in [-0.2, -0.15) is 0 Å². The average Bonchev–Trinajstić information content (AvgIpc) is 2.39. The fourth-order valence-electron chi connectivity index (χ4n) is 3.02. The molecule has 0 bridgehead atoms. The smallest absolute Gasteiger partial charge is 0.239 e. The maximum absolute atomic E-state index is 12.4. The quantitative estimate of drug-likeness (QED) is 0.824. The van der Waals surface area contributed by atoms with Gasteiger partial charge < -0.3 is 15.0 Å². The summed E-state index contributed by atoms with van der Waals surface area (Å²) in [6.07, 6.45) is 4.53. The van der Waals surface area contributed by atoms with Crippen molar-refractivity contribution in [2.24, 2.45) is 11.8 Å². The lowest BCUT2D eigenvalue weighted by Gasteiger charge is -2.34. The monoisotopic (exact) mass is 254 g/mol. The van der Waals surface area contributed by atoms with Crippen LogP contribution in [-0.2, 0) is 9.53 Å². The number of nitrogens with one attached hydrogen (secondary N) is 1. The fourth-order valence-corrected chi connectivity index (χ4v) is 3.02. The Morgan fingerprint density at radius 1 is 1.33 bits per heavy atom. The molecule has 0 aromatic carbocycles. The van der Waals surface area contributed by atoms with Crippen LogP contribution in [0.15, 0.2) is 0 Å². The van der Waals surface area contributed by atoms with Gasteiger partial charge in [0.15, 0.2) is 0 Å². The molecule has 4 heteroatoms. The molecule has 2 heterocycles. The van der Waals surface area contributed by atoms with E-state index >= 15 is 0 Å². The van der Waals surface area contributed by atoms with Crippen LogP contribution in [0.2, 0.25) is 0 Å². The Morgan fingerprint density at radius 3 is 2.72 bits per heavy atom. The van der Waals surface area contributed by atoms with Crippen molar-refractivity contribution in [2.45, 2.75) is 38.6 Å². The molecule has 18 heavy (non-hydrogen) atoms. The number of hydrogen-bond acceptors (Lipinski definition) is 3. The number of carbonyl (C=O) groups is 1. The molecule has 1 N–H and O–H groups in total. The number of likely N-dealkylation sites (N-methyl/N-ethyl adjacent to an activating group) is 1. The molecule has 0 spiro atoms. The maximum atomic E-state index is 12.4. The lowest BCUT2D eigenvalue weighted by atomic mass is 9.91. The number of rotatable bonds is 3. The predicted octanol–water partition coefficient (Wildman–Crippen LogP) is 1.26. The Hall–Kier alpha value is -0.610.